The Morgan fingerprint density at radius 1 is 0.548 bits per heavy atom. The van der Waals surface area contributed by atoms with Crippen LogP contribution in [0.2, 0.25) is 0 Å². The number of H-pyrrole nitrogens is 2. The Bertz CT molecular complexity index is 2600. The molecular weight excluding hydrogens is 779 g/mol. The van der Waals surface area contributed by atoms with Crippen molar-refractivity contribution in [2.24, 2.45) is 0 Å². The number of rotatable bonds is 12. The van der Waals surface area contributed by atoms with Gasteiger partial charge in [-0.25, -0.2) is 9.78 Å². The number of carbonyl (C=O) groups excluding carboxylic acids is 3. The molecule has 3 heterocycles. The zero-order chi connectivity index (χ0) is 42.6. The number of nitrogens with one attached hydrogen (secondary N) is 4. The Balaban J connectivity index is 1.04. The van der Waals surface area contributed by atoms with Crippen LogP contribution in [-0.2, 0) is 25.9 Å². The molecule has 4 amide bonds. The molecule has 2 aromatic heterocycles. The van der Waals surface area contributed by atoms with E-state index in [1.807, 2.05) is 127 Å². The Labute approximate surface area is 357 Å². The van der Waals surface area contributed by atoms with Gasteiger partial charge in [0.25, 0.3) is 11.8 Å². The first-order chi connectivity index (χ1) is 30.3. The second-order valence-corrected chi connectivity index (χ2v) is 15.7. The van der Waals surface area contributed by atoms with Gasteiger partial charge in [-0.1, -0.05) is 115 Å². The fourth-order valence-corrected chi connectivity index (χ4v) is 8.36. The summed E-state index contributed by atoms with van der Waals surface area (Å²) in [6, 6.07) is 48.2. The van der Waals surface area contributed by atoms with Crippen LogP contribution in [0.25, 0.3) is 21.9 Å². The number of fused-ring (bicyclic) bond motifs is 2. The van der Waals surface area contributed by atoms with E-state index in [2.05, 4.69) is 25.6 Å². The summed E-state index contributed by atoms with van der Waals surface area (Å²) >= 11 is 0. The Morgan fingerprint density at radius 3 is 1.61 bits per heavy atom. The molecule has 4 unspecified atom stereocenters. The molecule has 12 heteroatoms. The van der Waals surface area contributed by atoms with Crippen LogP contribution in [0.1, 0.15) is 43.0 Å². The molecule has 0 aliphatic carbocycles. The number of aromatic amines is 2. The van der Waals surface area contributed by atoms with Gasteiger partial charge in [-0.3, -0.25) is 14.9 Å². The van der Waals surface area contributed by atoms with Crippen molar-refractivity contribution in [2.75, 3.05) is 10.6 Å². The SMILES string of the molecule is O=C(Nc1cc2ccccc2[nH]1)c1cccc(CN2C(=O)N(Cc3cccc(C(=O)Nc4nc5ccccc5[nH]4)c3)C(Cc3ccccc3)C(O)C(O)C2Cc2ccccc2)c1. The van der Waals surface area contributed by atoms with Crippen LogP contribution in [0.3, 0.4) is 0 Å². The van der Waals surface area contributed by atoms with E-state index in [0.29, 0.717) is 34.0 Å². The van der Waals surface area contributed by atoms with E-state index in [0.717, 1.165) is 33.1 Å². The highest BCUT2D eigenvalue weighted by Crippen LogP contribution is 2.31. The van der Waals surface area contributed by atoms with E-state index in [1.54, 1.807) is 46.2 Å². The first kappa shape index (κ1) is 39.9. The Kier molecular flexibility index (Phi) is 11.3. The third kappa shape index (κ3) is 8.69. The molecule has 1 aliphatic heterocycles. The summed E-state index contributed by atoms with van der Waals surface area (Å²) in [5.74, 6) is 0.150. The maximum atomic E-state index is 15.4. The molecule has 0 spiro atoms. The Morgan fingerprint density at radius 2 is 1.05 bits per heavy atom. The molecule has 0 saturated carbocycles. The number of nitrogens with zero attached hydrogens (tertiary/aromatic N) is 3. The van der Waals surface area contributed by atoms with Gasteiger partial charge in [0, 0.05) is 35.1 Å². The van der Waals surface area contributed by atoms with Gasteiger partial charge in [-0.15, -0.1) is 0 Å². The van der Waals surface area contributed by atoms with Gasteiger partial charge in [0.2, 0.25) is 5.95 Å². The summed E-state index contributed by atoms with van der Waals surface area (Å²) in [5.41, 5.74) is 6.21. The first-order valence-corrected chi connectivity index (χ1v) is 20.6. The number of carbonyl (C=O) groups is 3. The third-order valence-electron chi connectivity index (χ3n) is 11.5. The number of aliphatic hydroxyl groups is 2. The summed E-state index contributed by atoms with van der Waals surface area (Å²) in [6.07, 6.45) is -2.20. The van der Waals surface area contributed by atoms with E-state index < -0.39 is 30.3 Å². The fraction of sp³-hybridized carbons (Fsp3) is 0.160. The molecule has 12 nitrogen and oxygen atoms in total. The molecule has 0 radical (unpaired) electrons. The lowest BCUT2D eigenvalue weighted by molar-refractivity contribution is -0.0408. The second kappa shape index (κ2) is 17.6. The minimum absolute atomic E-state index is 0.0212. The van der Waals surface area contributed by atoms with Gasteiger partial charge in [0.05, 0.1) is 23.1 Å². The largest absolute Gasteiger partial charge is 0.388 e. The predicted octanol–water partition coefficient (Wildman–Crippen LogP) is 7.93. The monoisotopic (exact) mass is 823 g/mol. The van der Waals surface area contributed by atoms with E-state index in [1.165, 1.54) is 0 Å². The quantitative estimate of drug-likeness (QED) is 0.0732. The summed E-state index contributed by atoms with van der Waals surface area (Å²) < 4.78 is 0. The smallest absolute Gasteiger partial charge is 0.321 e. The number of amides is 4. The maximum Gasteiger partial charge on any atom is 0.321 e. The lowest BCUT2D eigenvalue weighted by Crippen LogP contribution is -2.50. The van der Waals surface area contributed by atoms with Crippen LogP contribution in [0.5, 0.6) is 0 Å². The number of hydrogen-bond donors (Lipinski definition) is 6. The predicted molar refractivity (Wildman–Crippen MR) is 240 cm³/mol. The van der Waals surface area contributed by atoms with Gasteiger partial charge < -0.3 is 35.3 Å². The molecule has 62 heavy (non-hydrogen) atoms. The van der Waals surface area contributed by atoms with Crippen molar-refractivity contribution >= 4 is 51.5 Å². The molecule has 6 aromatic carbocycles. The highest BCUT2D eigenvalue weighted by Gasteiger charge is 2.46. The highest BCUT2D eigenvalue weighted by atomic mass is 16.3. The van der Waals surface area contributed by atoms with Gasteiger partial charge in [-0.05, 0) is 83.6 Å². The van der Waals surface area contributed by atoms with Crippen molar-refractivity contribution in [3.63, 3.8) is 0 Å². The number of urea groups is 1. The minimum Gasteiger partial charge on any atom is -0.388 e. The molecule has 310 valence electrons. The number of aromatic nitrogens is 3. The van der Waals surface area contributed by atoms with Crippen molar-refractivity contribution in [1.82, 2.24) is 24.8 Å². The summed E-state index contributed by atoms with van der Waals surface area (Å²) in [5, 5.41) is 31.3. The van der Waals surface area contributed by atoms with Crippen molar-refractivity contribution in [3.8, 4) is 0 Å². The van der Waals surface area contributed by atoms with E-state index >= 15 is 4.79 Å². The molecule has 9 rings (SSSR count). The van der Waals surface area contributed by atoms with Crippen LogP contribution >= 0.6 is 0 Å². The average molecular weight is 824 g/mol. The van der Waals surface area contributed by atoms with Crippen LogP contribution in [0, 0.1) is 0 Å². The normalized spacial score (nSPS) is 17.9. The number of para-hydroxylation sites is 3. The molecule has 0 bridgehead atoms. The topological polar surface area (TPSA) is 167 Å². The number of anilines is 2. The zero-order valence-corrected chi connectivity index (χ0v) is 33.7. The van der Waals surface area contributed by atoms with Crippen molar-refractivity contribution < 1.29 is 24.6 Å². The zero-order valence-electron chi connectivity index (χ0n) is 33.7. The number of hydrogen-bond acceptors (Lipinski definition) is 6. The first-order valence-electron chi connectivity index (χ1n) is 20.6. The van der Waals surface area contributed by atoms with Gasteiger partial charge in [0.15, 0.2) is 0 Å². The molecule has 1 saturated heterocycles. The third-order valence-corrected chi connectivity index (χ3v) is 11.5. The number of aliphatic hydroxyl groups excluding tert-OH is 2. The standard InChI is InChI=1S/C50H45N7O5/c58-45-42(27-32-13-3-1-4-14-32)56(30-34-17-11-20-37(25-34)47(60)54-44-29-36-19-7-8-22-39(36)51-44)50(62)57(43(46(45)59)28-33-15-5-2-6-16-33)31-35-18-12-21-38(26-35)48(61)55-49-52-40-23-9-10-24-41(40)53-49/h1-26,29,42-43,45-46,51,58-59H,27-28,30-31H2,(H,54,60)(H2,52,53,55,61). The number of imidazole rings is 1. The van der Waals surface area contributed by atoms with E-state index in [9.17, 15) is 19.8 Å². The summed E-state index contributed by atoms with van der Waals surface area (Å²) in [7, 11) is 0. The molecule has 6 N–H and O–H groups in total. The molecule has 1 fully saturated rings. The molecule has 8 aromatic rings. The van der Waals surface area contributed by atoms with Gasteiger partial charge >= 0.3 is 6.03 Å². The van der Waals surface area contributed by atoms with E-state index in [-0.39, 0.29) is 37.7 Å². The van der Waals surface area contributed by atoms with Gasteiger partial charge in [-0.2, -0.15) is 0 Å². The molecule has 1 aliphatic rings. The van der Waals surface area contributed by atoms with Crippen LogP contribution in [0.4, 0.5) is 16.6 Å². The average Bonchev–Trinajstić information content (AvgIpc) is 3.90. The highest BCUT2D eigenvalue weighted by molar-refractivity contribution is 6.05. The van der Waals surface area contributed by atoms with Crippen LogP contribution in [0.15, 0.2) is 164 Å². The molecular formula is C50H45N7O5. The minimum atomic E-state index is -1.36. The Hall–Kier alpha value is -7.54. The van der Waals surface area contributed by atoms with E-state index in [4.69, 9.17) is 0 Å². The van der Waals surface area contributed by atoms with Crippen molar-refractivity contribution in [2.45, 2.75) is 50.2 Å². The summed E-state index contributed by atoms with van der Waals surface area (Å²) in [4.78, 5) is 56.6. The van der Waals surface area contributed by atoms with Crippen LogP contribution in [-0.4, -0.2) is 77.1 Å². The molecule has 4 atom stereocenters. The lowest BCUT2D eigenvalue weighted by Gasteiger charge is -2.36. The van der Waals surface area contributed by atoms with Crippen molar-refractivity contribution in [1.29, 1.82) is 0 Å². The second-order valence-electron chi connectivity index (χ2n) is 15.7. The lowest BCUT2D eigenvalue weighted by atomic mass is 9.90. The van der Waals surface area contributed by atoms with Crippen LogP contribution < -0.4 is 10.6 Å². The van der Waals surface area contributed by atoms with Crippen molar-refractivity contribution in [3.05, 3.63) is 197 Å². The number of benzene rings is 6. The summed E-state index contributed by atoms with van der Waals surface area (Å²) in [6.45, 7) is 0.0511. The maximum absolute atomic E-state index is 15.4. The van der Waals surface area contributed by atoms with Gasteiger partial charge in [0.1, 0.15) is 18.0 Å². The fourth-order valence-electron chi connectivity index (χ4n) is 8.36.